The summed E-state index contributed by atoms with van der Waals surface area (Å²) < 4.78 is 31.6. The molecule has 0 aliphatic carbocycles. The number of likely N-dealkylation sites (tertiary alicyclic amines) is 2. The maximum Gasteiger partial charge on any atom is 0.245 e. The third-order valence-corrected chi connectivity index (χ3v) is 12.1. The number of carbonyl (C=O) groups excluding carboxylic acids is 4. The summed E-state index contributed by atoms with van der Waals surface area (Å²) in [5.74, 6) is -1.47. The number of nitrogens with zero attached hydrogens (tertiary/aromatic N) is 4. The quantitative estimate of drug-likeness (QED) is 0.119. The predicted octanol–water partition coefficient (Wildman–Crippen LogP) is 4.48. The van der Waals surface area contributed by atoms with Crippen LogP contribution in [0.15, 0.2) is 36.4 Å². The molecule has 5 N–H and O–H groups in total. The number of nitrogens with one attached hydrogen (secondary N) is 5. The molecule has 6 rings (SSSR count). The first kappa shape index (κ1) is 42.7. The number of rotatable bonds is 15. The van der Waals surface area contributed by atoms with Crippen molar-refractivity contribution >= 4 is 45.6 Å². The minimum Gasteiger partial charge on any atom is -0.352 e. The van der Waals surface area contributed by atoms with Crippen molar-refractivity contribution in [2.75, 3.05) is 27.2 Å². The van der Waals surface area contributed by atoms with Gasteiger partial charge in [-0.25, -0.2) is 13.8 Å². The number of hydrogen-bond donors (Lipinski definition) is 5. The van der Waals surface area contributed by atoms with Crippen molar-refractivity contribution in [3.05, 3.63) is 53.6 Å². The van der Waals surface area contributed by atoms with Crippen LogP contribution in [0.5, 0.6) is 0 Å². The van der Waals surface area contributed by atoms with Crippen molar-refractivity contribution in [1.82, 2.24) is 45.6 Å². The Morgan fingerprint density at radius 2 is 1.31 bits per heavy atom. The van der Waals surface area contributed by atoms with E-state index in [2.05, 4.69) is 26.3 Å². The molecule has 2 aromatic heterocycles. The number of imidazole rings is 1. The van der Waals surface area contributed by atoms with Crippen LogP contribution < -0.4 is 21.3 Å². The fourth-order valence-electron chi connectivity index (χ4n) is 8.41. The van der Waals surface area contributed by atoms with Crippen LogP contribution in [-0.4, -0.2) is 111 Å². The molecule has 2 aliphatic heterocycles. The van der Waals surface area contributed by atoms with E-state index < -0.39 is 35.8 Å². The molecule has 4 heterocycles. The highest BCUT2D eigenvalue weighted by Crippen LogP contribution is 2.37. The lowest BCUT2D eigenvalue weighted by molar-refractivity contribution is -0.139. The van der Waals surface area contributed by atoms with Gasteiger partial charge < -0.3 is 40.6 Å². The lowest BCUT2D eigenvalue weighted by Gasteiger charge is -2.32. The second-order valence-corrected chi connectivity index (χ2v) is 16.7. The standard InChI is InChI=1S/C43H59F2N9O4/c1-23(2)36(50-40(55)25(5)46-7)42(57)52-17-9-11-29(52)21-32-31-15-13-27(44)19-33(31)48-38(32)39-49-34-20-28(45)14-16-35(34)54(39)22-30-12-10-18-53(30)43(58)37(24(3)4)51-41(56)26(6)47-8/h13-16,19-20,23-26,29-30,36-37,46-48H,9-12,17-18,21-22H2,1-8H3,(H,50,55)(H,51,56)/t25-,26-,29-,30-,36-,37-/m0/s1. The highest BCUT2D eigenvalue weighted by Gasteiger charge is 2.39. The summed E-state index contributed by atoms with van der Waals surface area (Å²) in [5.41, 5.74) is 3.12. The Morgan fingerprint density at radius 1 is 0.776 bits per heavy atom. The summed E-state index contributed by atoms with van der Waals surface area (Å²) in [7, 11) is 3.39. The Balaban J connectivity index is 1.38. The lowest BCUT2D eigenvalue weighted by Crippen LogP contribution is -2.55. The molecule has 0 unspecified atom stereocenters. The van der Waals surface area contributed by atoms with Crippen LogP contribution >= 0.6 is 0 Å². The number of halogens is 2. The molecule has 2 saturated heterocycles. The molecule has 2 aromatic carbocycles. The van der Waals surface area contributed by atoms with Crippen molar-refractivity contribution in [3.63, 3.8) is 0 Å². The van der Waals surface area contributed by atoms with Gasteiger partial charge in [-0.05, 0) is 108 Å². The molecule has 58 heavy (non-hydrogen) atoms. The number of amides is 4. The number of benzene rings is 2. The number of hydrogen-bond acceptors (Lipinski definition) is 7. The maximum atomic E-state index is 14.8. The molecule has 4 aromatic rings. The molecule has 4 amide bonds. The first-order valence-electron chi connectivity index (χ1n) is 20.7. The number of aromatic amines is 1. The van der Waals surface area contributed by atoms with E-state index in [9.17, 15) is 28.0 Å². The topological polar surface area (TPSA) is 156 Å². The van der Waals surface area contributed by atoms with E-state index in [1.165, 1.54) is 24.3 Å². The molecule has 2 fully saturated rings. The van der Waals surface area contributed by atoms with E-state index in [1.54, 1.807) is 40.1 Å². The Hall–Kier alpha value is -4.89. The first-order valence-corrected chi connectivity index (χ1v) is 20.7. The van der Waals surface area contributed by atoms with Crippen LogP contribution in [0.25, 0.3) is 33.5 Å². The smallest absolute Gasteiger partial charge is 0.245 e. The van der Waals surface area contributed by atoms with Crippen LogP contribution in [0.4, 0.5) is 8.78 Å². The molecular weight excluding hydrogens is 745 g/mol. The average molecular weight is 804 g/mol. The number of likely N-dealkylation sites (N-methyl/N-ethyl adjacent to an activating group) is 2. The van der Waals surface area contributed by atoms with Crippen LogP contribution in [0, 0.1) is 23.5 Å². The molecule has 314 valence electrons. The summed E-state index contributed by atoms with van der Waals surface area (Å²) in [4.78, 5) is 66.5. The Bertz CT molecular complexity index is 2000. The molecule has 13 nitrogen and oxygen atoms in total. The average Bonchev–Trinajstić information content (AvgIpc) is 4.00. The lowest BCUT2D eigenvalue weighted by atomic mass is 9.98. The fraction of sp³-hybridized carbons (Fsp3) is 0.558. The summed E-state index contributed by atoms with van der Waals surface area (Å²) in [6.07, 6.45) is 3.41. The van der Waals surface area contributed by atoms with Gasteiger partial charge in [-0.2, -0.15) is 0 Å². The van der Waals surface area contributed by atoms with Gasteiger partial charge in [0.15, 0.2) is 5.82 Å². The first-order chi connectivity index (χ1) is 27.6. The van der Waals surface area contributed by atoms with Crippen LogP contribution in [0.1, 0.15) is 72.8 Å². The predicted molar refractivity (Wildman–Crippen MR) is 221 cm³/mol. The van der Waals surface area contributed by atoms with Crippen LogP contribution in [0.3, 0.4) is 0 Å². The molecule has 0 saturated carbocycles. The van der Waals surface area contributed by atoms with E-state index >= 15 is 0 Å². The van der Waals surface area contributed by atoms with Gasteiger partial charge in [0.2, 0.25) is 23.6 Å². The van der Waals surface area contributed by atoms with Crippen molar-refractivity contribution in [1.29, 1.82) is 0 Å². The van der Waals surface area contributed by atoms with E-state index in [0.717, 1.165) is 30.2 Å². The second-order valence-electron chi connectivity index (χ2n) is 16.7. The maximum absolute atomic E-state index is 14.8. The number of carbonyl (C=O) groups is 4. The SMILES string of the molecule is CN[C@@H](C)C(=O)N[C@H](C(=O)N1CCC[C@H]1Cc1c(-c2nc3cc(F)ccc3n2C[C@@H]2CCCN2C(=O)[C@@H](NC(=O)[C@H](C)NC)C(C)C)[nH]c2cc(F)ccc12)C(C)C. The number of aromatic nitrogens is 3. The van der Waals surface area contributed by atoms with Gasteiger partial charge in [0.25, 0.3) is 0 Å². The zero-order chi connectivity index (χ0) is 42.0. The van der Waals surface area contributed by atoms with E-state index in [-0.39, 0.29) is 47.5 Å². The van der Waals surface area contributed by atoms with Gasteiger partial charge in [0.1, 0.15) is 23.7 Å². The minimum absolute atomic E-state index is 0.147. The summed E-state index contributed by atoms with van der Waals surface area (Å²) in [5, 5.41) is 12.6. The Kier molecular flexibility index (Phi) is 13.2. The molecule has 0 spiro atoms. The van der Waals surface area contributed by atoms with Gasteiger partial charge in [-0.3, -0.25) is 19.2 Å². The van der Waals surface area contributed by atoms with Gasteiger partial charge in [0.05, 0.1) is 28.8 Å². The molecular formula is C43H59F2N9O4. The second kappa shape index (κ2) is 17.9. The van der Waals surface area contributed by atoms with Crippen molar-refractivity contribution in [3.8, 4) is 11.5 Å². The minimum atomic E-state index is -0.723. The third kappa shape index (κ3) is 8.75. The highest BCUT2D eigenvalue weighted by atomic mass is 19.1. The van der Waals surface area contributed by atoms with Crippen molar-refractivity contribution < 1.29 is 28.0 Å². The van der Waals surface area contributed by atoms with Crippen LogP contribution in [-0.2, 0) is 32.1 Å². The van der Waals surface area contributed by atoms with Gasteiger partial charge in [-0.15, -0.1) is 0 Å². The summed E-state index contributed by atoms with van der Waals surface area (Å²) >= 11 is 0. The molecule has 0 bridgehead atoms. The van der Waals surface area contributed by atoms with Gasteiger partial charge in [-0.1, -0.05) is 27.7 Å². The molecule has 0 radical (unpaired) electrons. The van der Waals surface area contributed by atoms with Gasteiger partial charge in [0, 0.05) is 48.7 Å². The Labute approximate surface area is 339 Å². The third-order valence-electron chi connectivity index (χ3n) is 12.1. The van der Waals surface area contributed by atoms with Crippen LogP contribution in [0.2, 0.25) is 0 Å². The highest BCUT2D eigenvalue weighted by molar-refractivity contribution is 5.93. The van der Waals surface area contributed by atoms with E-state index in [4.69, 9.17) is 4.98 Å². The van der Waals surface area contributed by atoms with E-state index in [0.29, 0.717) is 60.5 Å². The molecule has 2 aliphatic rings. The Morgan fingerprint density at radius 3 is 1.88 bits per heavy atom. The normalized spacial score (nSPS) is 19.3. The zero-order valence-electron chi connectivity index (χ0n) is 34.9. The number of H-pyrrole nitrogens is 1. The zero-order valence-corrected chi connectivity index (χ0v) is 34.9. The summed E-state index contributed by atoms with van der Waals surface area (Å²) in [6.45, 7) is 12.5. The monoisotopic (exact) mass is 803 g/mol. The van der Waals surface area contributed by atoms with E-state index in [1.807, 2.05) is 42.1 Å². The van der Waals surface area contributed by atoms with Crippen molar-refractivity contribution in [2.45, 2.75) is 116 Å². The van der Waals surface area contributed by atoms with Crippen molar-refractivity contribution in [2.24, 2.45) is 11.8 Å². The largest absolute Gasteiger partial charge is 0.352 e. The molecule has 6 atom stereocenters. The number of fused-ring (bicyclic) bond motifs is 2. The summed E-state index contributed by atoms with van der Waals surface area (Å²) in [6, 6.07) is 6.19. The van der Waals surface area contributed by atoms with Gasteiger partial charge >= 0.3 is 0 Å². The fourth-order valence-corrected chi connectivity index (χ4v) is 8.41. The molecule has 15 heteroatoms.